The van der Waals surface area contributed by atoms with Crippen molar-refractivity contribution in [2.24, 2.45) is 0 Å². The molecule has 0 fully saturated rings. The lowest BCUT2D eigenvalue weighted by atomic mass is 9.94. The molecule has 1 aliphatic rings. The Bertz CT molecular complexity index is 4370. The molecular weight excluding hydrogens is 915 g/mol. The first-order valence-electron chi connectivity index (χ1n) is 25.4. The topological polar surface area (TPSA) is 52.0 Å². The Balaban J connectivity index is 0.902. The minimum atomic E-state index is 0.480. The Morgan fingerprint density at radius 3 is 1.51 bits per heavy atom. The molecule has 0 spiro atoms. The van der Waals surface area contributed by atoms with Crippen LogP contribution in [0.4, 0.5) is 11.4 Å². The molecule has 10 aromatic carbocycles. The summed E-state index contributed by atoms with van der Waals surface area (Å²) in [6, 6.07) is 86.4. The first-order valence-corrected chi connectivity index (χ1v) is 25.4. The van der Waals surface area contributed by atoms with Gasteiger partial charge in [-0.2, -0.15) is 0 Å². The van der Waals surface area contributed by atoms with E-state index in [4.69, 9.17) is 11.0 Å². The van der Waals surface area contributed by atoms with Crippen molar-refractivity contribution < 1.29 is 4.42 Å². The summed E-state index contributed by atoms with van der Waals surface area (Å²) >= 11 is 0. The number of anilines is 2. The lowest BCUT2D eigenvalue weighted by molar-refractivity contribution is 0.584. The van der Waals surface area contributed by atoms with Crippen LogP contribution in [0.3, 0.4) is 0 Å². The summed E-state index contributed by atoms with van der Waals surface area (Å²) in [6.07, 6.45) is 6.76. The first-order chi connectivity index (χ1) is 37.1. The molecule has 0 unspecified atom stereocenters. The van der Waals surface area contributed by atoms with E-state index in [0.29, 0.717) is 18.3 Å². The summed E-state index contributed by atoms with van der Waals surface area (Å²) in [5, 5.41) is 13.5. The van der Waals surface area contributed by atoms with Crippen LogP contribution in [-0.4, -0.2) is 25.9 Å². The lowest BCUT2D eigenvalue weighted by Crippen LogP contribution is -2.18. The smallest absolute Gasteiger partial charge is 0.248 e. The van der Waals surface area contributed by atoms with Gasteiger partial charge in [0.15, 0.2) is 0 Å². The van der Waals surface area contributed by atoms with Crippen molar-refractivity contribution in [2.75, 3.05) is 11.4 Å². The second kappa shape index (κ2) is 18.2. The molecule has 1 aliphatic heterocycles. The van der Waals surface area contributed by atoms with Crippen LogP contribution in [0, 0.1) is 0 Å². The predicted octanol–water partition coefficient (Wildman–Crippen LogP) is 17.7. The van der Waals surface area contributed by atoms with Gasteiger partial charge in [0.2, 0.25) is 11.8 Å². The second-order valence-corrected chi connectivity index (χ2v) is 19.1. The number of para-hydroxylation sites is 2. The van der Waals surface area contributed by atoms with Crippen molar-refractivity contribution >= 4 is 66.1 Å². The standard InChI is InChI=1S/C69H47N5O/c1-46-41-51(47-17-6-2-7-18-47)23-16-40-72(57-35-39-67-62(45-57)58-26-14-15-27-64(58)73(67)55-24-12-5-13-25-55)63-36-30-53(42-59(46)63)54-32-38-66-61(44-54)60-43-52(48-19-8-3-9-20-48)31-37-65(60)74(66)56-33-28-50(29-34-56)69-71-70-68(75-69)49-21-10-4-11-22-49/h2-39,41-45H,1,40H2/b23-16-,51-41+. The molecule has 75 heavy (non-hydrogen) atoms. The average Bonchev–Trinajstić information content (AvgIpc) is 4.25. The van der Waals surface area contributed by atoms with Gasteiger partial charge in [-0.25, -0.2) is 0 Å². The summed E-state index contributed by atoms with van der Waals surface area (Å²) in [7, 11) is 0. The number of fused-ring (bicyclic) bond motifs is 7. The fourth-order valence-electron chi connectivity index (χ4n) is 11.0. The normalized spacial score (nSPS) is 13.9. The van der Waals surface area contributed by atoms with Gasteiger partial charge in [0, 0.05) is 67.5 Å². The monoisotopic (exact) mass is 961 g/mol. The third-order valence-corrected chi connectivity index (χ3v) is 14.7. The first kappa shape index (κ1) is 43.7. The molecule has 0 N–H and O–H groups in total. The zero-order valence-electron chi connectivity index (χ0n) is 40.9. The number of hydrogen-bond acceptors (Lipinski definition) is 4. The van der Waals surface area contributed by atoms with Crippen LogP contribution in [0.15, 0.2) is 272 Å². The van der Waals surface area contributed by atoms with E-state index >= 15 is 0 Å². The highest BCUT2D eigenvalue weighted by Gasteiger charge is 2.22. The molecule has 13 aromatic rings. The van der Waals surface area contributed by atoms with Crippen molar-refractivity contribution in [1.29, 1.82) is 0 Å². The Labute approximate surface area is 434 Å². The van der Waals surface area contributed by atoms with Crippen molar-refractivity contribution in [3.05, 3.63) is 279 Å². The number of rotatable bonds is 8. The third kappa shape index (κ3) is 7.75. The van der Waals surface area contributed by atoms with Gasteiger partial charge < -0.3 is 18.5 Å². The molecule has 0 saturated carbocycles. The summed E-state index contributed by atoms with van der Waals surface area (Å²) in [5.74, 6) is 0.977. The molecule has 0 bridgehead atoms. The van der Waals surface area contributed by atoms with E-state index in [1.165, 1.54) is 38.3 Å². The van der Waals surface area contributed by atoms with Gasteiger partial charge in [-0.1, -0.05) is 152 Å². The molecular formula is C69H47N5O. The van der Waals surface area contributed by atoms with Crippen LogP contribution in [0.2, 0.25) is 0 Å². The molecule has 0 atom stereocenters. The zero-order valence-corrected chi connectivity index (χ0v) is 40.9. The van der Waals surface area contributed by atoms with E-state index in [2.05, 4.69) is 255 Å². The van der Waals surface area contributed by atoms with Crippen LogP contribution in [0.25, 0.3) is 111 Å². The summed E-state index contributed by atoms with van der Waals surface area (Å²) in [4.78, 5) is 2.44. The zero-order chi connectivity index (χ0) is 49.8. The summed E-state index contributed by atoms with van der Waals surface area (Å²) < 4.78 is 10.9. The van der Waals surface area contributed by atoms with Crippen LogP contribution in [-0.2, 0) is 0 Å². The maximum atomic E-state index is 6.15. The van der Waals surface area contributed by atoms with E-state index in [9.17, 15) is 0 Å². The molecule has 14 rings (SSSR count). The molecule has 0 aliphatic carbocycles. The molecule has 0 amide bonds. The van der Waals surface area contributed by atoms with Crippen LogP contribution < -0.4 is 4.90 Å². The number of nitrogens with zero attached hydrogens (tertiary/aromatic N) is 5. The van der Waals surface area contributed by atoms with Gasteiger partial charge >= 0.3 is 0 Å². The highest BCUT2D eigenvalue weighted by atomic mass is 16.4. The van der Waals surface area contributed by atoms with Gasteiger partial charge in [-0.05, 0) is 154 Å². The number of allylic oxidation sites excluding steroid dienone is 4. The maximum Gasteiger partial charge on any atom is 0.248 e. The maximum absolute atomic E-state index is 6.15. The quantitative estimate of drug-likeness (QED) is 0.152. The van der Waals surface area contributed by atoms with Gasteiger partial charge in [0.1, 0.15) is 0 Å². The SMILES string of the molecule is C=C1/C=C(c2ccccc2)\C=C/CN(c2ccc3c(c2)c2ccccc2n3-c2ccccc2)c2ccc(-c3ccc4c(c3)c3cc(-c5ccccc5)ccc3n4-c3ccc(-c4nnc(-c5ccccc5)o4)cc3)cc21. The molecule has 3 aromatic heterocycles. The third-order valence-electron chi connectivity index (χ3n) is 14.7. The fourth-order valence-corrected chi connectivity index (χ4v) is 11.0. The largest absolute Gasteiger partial charge is 0.416 e. The van der Waals surface area contributed by atoms with Crippen molar-refractivity contribution in [2.45, 2.75) is 0 Å². The highest BCUT2D eigenvalue weighted by molar-refractivity contribution is 6.13. The van der Waals surface area contributed by atoms with E-state index in [1.54, 1.807) is 0 Å². The highest BCUT2D eigenvalue weighted by Crippen LogP contribution is 2.43. The van der Waals surface area contributed by atoms with Gasteiger partial charge in [0.05, 0.1) is 22.1 Å². The van der Waals surface area contributed by atoms with Gasteiger partial charge in [-0.15, -0.1) is 10.2 Å². The number of aromatic nitrogens is 4. The average molecular weight is 962 g/mol. The van der Waals surface area contributed by atoms with E-state index < -0.39 is 0 Å². The number of benzene rings is 10. The Hall–Kier alpha value is -10.0. The lowest BCUT2D eigenvalue weighted by Gasteiger charge is -2.27. The van der Waals surface area contributed by atoms with E-state index in [0.717, 1.165) is 83.7 Å². The molecule has 6 heteroatoms. The van der Waals surface area contributed by atoms with Crippen molar-refractivity contribution in [1.82, 2.24) is 19.3 Å². The van der Waals surface area contributed by atoms with Crippen molar-refractivity contribution in [3.63, 3.8) is 0 Å². The van der Waals surface area contributed by atoms with E-state index in [-0.39, 0.29) is 0 Å². The van der Waals surface area contributed by atoms with Crippen LogP contribution in [0.5, 0.6) is 0 Å². The second-order valence-electron chi connectivity index (χ2n) is 19.1. The minimum Gasteiger partial charge on any atom is -0.416 e. The summed E-state index contributed by atoms with van der Waals surface area (Å²) in [5.41, 5.74) is 19.6. The predicted molar refractivity (Wildman–Crippen MR) is 311 cm³/mol. The van der Waals surface area contributed by atoms with Crippen molar-refractivity contribution in [3.8, 4) is 56.5 Å². The van der Waals surface area contributed by atoms with Crippen LogP contribution in [0.1, 0.15) is 11.1 Å². The molecule has 0 radical (unpaired) electrons. The molecule has 354 valence electrons. The molecule has 6 nitrogen and oxygen atoms in total. The molecule has 0 saturated heterocycles. The summed E-state index contributed by atoms with van der Waals surface area (Å²) in [6.45, 7) is 5.47. The van der Waals surface area contributed by atoms with Crippen LogP contribution >= 0.6 is 0 Å². The van der Waals surface area contributed by atoms with Gasteiger partial charge in [-0.3, -0.25) is 0 Å². The number of hydrogen-bond donors (Lipinski definition) is 0. The molecule has 4 heterocycles. The Morgan fingerprint density at radius 1 is 0.373 bits per heavy atom. The minimum absolute atomic E-state index is 0.480. The fraction of sp³-hybridized carbons (Fsp3) is 0.0145. The Kier molecular flexibility index (Phi) is 10.6. The van der Waals surface area contributed by atoms with Gasteiger partial charge in [0.25, 0.3) is 0 Å². The Morgan fingerprint density at radius 2 is 0.840 bits per heavy atom. The van der Waals surface area contributed by atoms with E-state index in [1.807, 2.05) is 30.3 Å².